The molecule has 2 aromatic carbocycles. The Morgan fingerprint density at radius 2 is 1.86 bits per heavy atom. The average molecular weight is 308 g/mol. The van der Waals surface area contributed by atoms with Crippen LogP contribution in [0.1, 0.15) is 17.2 Å². The van der Waals surface area contributed by atoms with Gasteiger partial charge in [-0.25, -0.2) is 17.5 Å². The monoisotopic (exact) mass is 308 g/mol. The summed E-state index contributed by atoms with van der Waals surface area (Å²) in [5, 5.41) is 0. The maximum Gasteiger partial charge on any atom is 0.243 e. The van der Waals surface area contributed by atoms with E-state index in [1.165, 1.54) is 12.1 Å². The first kappa shape index (κ1) is 15.6. The van der Waals surface area contributed by atoms with Gasteiger partial charge in [-0.15, -0.1) is 0 Å². The van der Waals surface area contributed by atoms with Gasteiger partial charge in [0.05, 0.1) is 0 Å². The standard InChI is InChI=1S/C15H17FN2O2S/c1-11-7-8-15(13(16)9-11)21(19,20)18-10-14(17)12-5-3-2-4-6-12/h2-9,14,18H,10,17H2,1H3/t14-/m1/s1. The van der Waals surface area contributed by atoms with Crippen LogP contribution in [0.2, 0.25) is 0 Å². The molecular weight excluding hydrogens is 291 g/mol. The summed E-state index contributed by atoms with van der Waals surface area (Å²) in [6.07, 6.45) is 0. The molecule has 0 aliphatic carbocycles. The van der Waals surface area contributed by atoms with Crippen molar-refractivity contribution in [3.05, 3.63) is 65.5 Å². The number of halogens is 1. The number of rotatable bonds is 5. The van der Waals surface area contributed by atoms with Gasteiger partial charge in [0.15, 0.2) is 0 Å². The molecule has 112 valence electrons. The molecule has 0 fully saturated rings. The van der Waals surface area contributed by atoms with Crippen molar-refractivity contribution in [3.8, 4) is 0 Å². The van der Waals surface area contributed by atoms with E-state index in [2.05, 4.69) is 4.72 Å². The summed E-state index contributed by atoms with van der Waals surface area (Å²) in [7, 11) is -3.92. The smallest absolute Gasteiger partial charge is 0.243 e. The average Bonchev–Trinajstić information content (AvgIpc) is 2.45. The first-order valence-corrected chi connectivity index (χ1v) is 7.95. The van der Waals surface area contributed by atoms with Crippen LogP contribution >= 0.6 is 0 Å². The van der Waals surface area contributed by atoms with E-state index in [1.807, 2.05) is 30.3 Å². The van der Waals surface area contributed by atoms with Gasteiger partial charge in [-0.05, 0) is 30.2 Å². The van der Waals surface area contributed by atoms with E-state index in [1.54, 1.807) is 13.0 Å². The van der Waals surface area contributed by atoms with Crippen molar-refractivity contribution in [2.24, 2.45) is 5.73 Å². The van der Waals surface area contributed by atoms with E-state index in [0.29, 0.717) is 5.56 Å². The van der Waals surface area contributed by atoms with E-state index in [4.69, 9.17) is 5.73 Å². The number of nitrogens with two attached hydrogens (primary N) is 1. The van der Waals surface area contributed by atoms with Gasteiger partial charge in [-0.1, -0.05) is 36.4 Å². The zero-order chi connectivity index (χ0) is 15.5. The van der Waals surface area contributed by atoms with Crippen molar-refractivity contribution in [2.75, 3.05) is 6.54 Å². The van der Waals surface area contributed by atoms with Gasteiger partial charge >= 0.3 is 0 Å². The number of nitrogens with one attached hydrogen (secondary N) is 1. The highest BCUT2D eigenvalue weighted by molar-refractivity contribution is 7.89. The maximum atomic E-state index is 13.7. The van der Waals surface area contributed by atoms with E-state index in [9.17, 15) is 12.8 Å². The van der Waals surface area contributed by atoms with Gasteiger partial charge in [0, 0.05) is 12.6 Å². The van der Waals surface area contributed by atoms with Crippen LogP contribution in [0, 0.1) is 12.7 Å². The van der Waals surface area contributed by atoms with Crippen molar-refractivity contribution in [1.82, 2.24) is 4.72 Å². The van der Waals surface area contributed by atoms with Crippen molar-refractivity contribution in [2.45, 2.75) is 17.9 Å². The Kier molecular flexibility index (Phi) is 4.72. The molecule has 0 saturated carbocycles. The molecule has 0 radical (unpaired) electrons. The quantitative estimate of drug-likeness (QED) is 0.888. The summed E-state index contributed by atoms with van der Waals surface area (Å²) in [4.78, 5) is -0.367. The third-order valence-corrected chi connectivity index (χ3v) is 4.55. The molecule has 0 heterocycles. The van der Waals surface area contributed by atoms with Gasteiger partial charge in [0.2, 0.25) is 10.0 Å². The van der Waals surface area contributed by atoms with Gasteiger partial charge < -0.3 is 5.73 Å². The minimum atomic E-state index is -3.92. The molecule has 0 aliphatic heterocycles. The van der Waals surface area contributed by atoms with Crippen molar-refractivity contribution in [1.29, 1.82) is 0 Å². The molecule has 1 atom stereocenters. The second kappa shape index (κ2) is 6.34. The number of hydrogen-bond acceptors (Lipinski definition) is 3. The molecule has 0 aliphatic rings. The van der Waals surface area contributed by atoms with Crippen LogP contribution in [-0.4, -0.2) is 15.0 Å². The first-order chi connectivity index (χ1) is 9.90. The molecule has 0 bridgehead atoms. The third kappa shape index (κ3) is 3.87. The molecule has 2 aromatic rings. The zero-order valence-corrected chi connectivity index (χ0v) is 12.4. The van der Waals surface area contributed by atoms with Crippen LogP contribution in [0.4, 0.5) is 4.39 Å². The molecule has 0 amide bonds. The fraction of sp³-hybridized carbons (Fsp3) is 0.200. The van der Waals surface area contributed by atoms with Gasteiger partial charge in [-0.2, -0.15) is 0 Å². The molecular formula is C15H17FN2O2S. The highest BCUT2D eigenvalue weighted by Crippen LogP contribution is 2.16. The molecule has 0 aromatic heterocycles. The minimum absolute atomic E-state index is 0.000334. The number of aryl methyl sites for hydroxylation is 1. The molecule has 4 nitrogen and oxygen atoms in total. The summed E-state index contributed by atoms with van der Waals surface area (Å²) in [6.45, 7) is 1.69. The van der Waals surface area contributed by atoms with Crippen molar-refractivity contribution in [3.63, 3.8) is 0 Å². The lowest BCUT2D eigenvalue weighted by Crippen LogP contribution is -2.32. The third-order valence-electron chi connectivity index (χ3n) is 3.10. The van der Waals surface area contributed by atoms with Crippen molar-refractivity contribution >= 4 is 10.0 Å². The molecule has 21 heavy (non-hydrogen) atoms. The number of sulfonamides is 1. The predicted octanol–water partition coefficient (Wildman–Crippen LogP) is 2.11. The lowest BCUT2D eigenvalue weighted by atomic mass is 10.1. The van der Waals surface area contributed by atoms with Crippen LogP contribution in [0.25, 0.3) is 0 Å². The largest absolute Gasteiger partial charge is 0.323 e. The SMILES string of the molecule is Cc1ccc(S(=O)(=O)NC[C@@H](N)c2ccccc2)c(F)c1. The summed E-state index contributed by atoms with van der Waals surface area (Å²) in [6, 6.07) is 12.6. The lowest BCUT2D eigenvalue weighted by molar-refractivity contribution is 0.551. The zero-order valence-electron chi connectivity index (χ0n) is 11.6. The first-order valence-electron chi connectivity index (χ1n) is 6.46. The second-order valence-electron chi connectivity index (χ2n) is 4.80. The molecule has 0 saturated heterocycles. The summed E-state index contributed by atoms with van der Waals surface area (Å²) in [5.41, 5.74) is 7.39. The van der Waals surface area contributed by atoms with Gasteiger partial charge in [0.25, 0.3) is 0 Å². The van der Waals surface area contributed by atoms with Crippen LogP contribution in [-0.2, 0) is 10.0 Å². The van der Waals surface area contributed by atoms with E-state index in [0.717, 1.165) is 5.56 Å². The highest BCUT2D eigenvalue weighted by Gasteiger charge is 2.20. The van der Waals surface area contributed by atoms with Crippen LogP contribution in [0.3, 0.4) is 0 Å². The molecule has 2 rings (SSSR count). The Bertz CT molecular complexity index is 718. The van der Waals surface area contributed by atoms with Crippen LogP contribution in [0.5, 0.6) is 0 Å². The topological polar surface area (TPSA) is 72.2 Å². The number of hydrogen-bond donors (Lipinski definition) is 2. The maximum absolute atomic E-state index is 13.7. The lowest BCUT2D eigenvalue weighted by Gasteiger charge is -2.14. The Balaban J connectivity index is 2.11. The predicted molar refractivity (Wildman–Crippen MR) is 79.7 cm³/mol. The Hall–Kier alpha value is -1.76. The fourth-order valence-electron chi connectivity index (χ4n) is 1.92. The Labute approximate surface area is 123 Å². The number of benzene rings is 2. The summed E-state index contributed by atoms with van der Waals surface area (Å²) >= 11 is 0. The second-order valence-corrected chi connectivity index (χ2v) is 6.54. The van der Waals surface area contributed by atoms with Crippen molar-refractivity contribution < 1.29 is 12.8 Å². The van der Waals surface area contributed by atoms with Crippen LogP contribution < -0.4 is 10.5 Å². The normalized spacial score (nSPS) is 13.1. The molecule has 0 unspecified atom stereocenters. The Morgan fingerprint density at radius 1 is 1.19 bits per heavy atom. The molecule has 6 heteroatoms. The molecule has 0 spiro atoms. The van der Waals surface area contributed by atoms with Gasteiger partial charge in [-0.3, -0.25) is 0 Å². The van der Waals surface area contributed by atoms with E-state index >= 15 is 0 Å². The van der Waals surface area contributed by atoms with Crippen LogP contribution in [0.15, 0.2) is 53.4 Å². The van der Waals surface area contributed by atoms with E-state index < -0.39 is 21.9 Å². The minimum Gasteiger partial charge on any atom is -0.323 e. The van der Waals surface area contributed by atoms with Gasteiger partial charge in [0.1, 0.15) is 10.7 Å². The Morgan fingerprint density at radius 3 is 2.48 bits per heavy atom. The van der Waals surface area contributed by atoms with E-state index in [-0.39, 0.29) is 11.4 Å². The summed E-state index contributed by atoms with van der Waals surface area (Å²) < 4.78 is 40.3. The molecule has 3 N–H and O–H groups in total. The fourth-order valence-corrected chi connectivity index (χ4v) is 3.04. The summed E-state index contributed by atoms with van der Waals surface area (Å²) in [5.74, 6) is -0.768. The highest BCUT2D eigenvalue weighted by atomic mass is 32.2.